The van der Waals surface area contributed by atoms with Crippen LogP contribution in [0.3, 0.4) is 0 Å². The van der Waals surface area contributed by atoms with E-state index in [9.17, 15) is 14.4 Å². The molecular formula is C22H17ClFN7OS. The molecule has 1 amide bonds. The Kier molecular flexibility index (Phi) is 6.44. The molecule has 0 bridgehead atoms. The third-order valence-electron chi connectivity index (χ3n) is 4.99. The summed E-state index contributed by atoms with van der Waals surface area (Å²) in [5, 5.41) is 25.1. The van der Waals surface area contributed by atoms with E-state index in [0.717, 1.165) is 17.5 Å². The second kappa shape index (κ2) is 9.44. The van der Waals surface area contributed by atoms with Crippen molar-refractivity contribution in [3.8, 4) is 17.4 Å². The Morgan fingerprint density at radius 2 is 1.97 bits per heavy atom. The molecule has 2 aromatic carbocycles. The van der Waals surface area contributed by atoms with Crippen LogP contribution in [0.2, 0.25) is 5.02 Å². The molecule has 0 aliphatic heterocycles. The first-order chi connectivity index (χ1) is 15.9. The van der Waals surface area contributed by atoms with Gasteiger partial charge in [0.2, 0.25) is 11.1 Å². The van der Waals surface area contributed by atoms with E-state index in [0.29, 0.717) is 38.5 Å². The van der Waals surface area contributed by atoms with Crippen molar-refractivity contribution >= 4 is 35.1 Å². The molecule has 4 rings (SSSR count). The van der Waals surface area contributed by atoms with Gasteiger partial charge in [-0.2, -0.15) is 9.94 Å². The number of rotatable bonds is 6. The van der Waals surface area contributed by atoms with Crippen molar-refractivity contribution < 1.29 is 9.18 Å². The molecule has 0 atom stereocenters. The standard InChI is InChI=1S/C22H17ClFN7OS/c1-13-14(2)30(18-5-3-4-16(24)10-18)21(19(13)11-25)26-20(32)12-33-22-27-28-29-31(22)17-8-6-15(23)7-9-17/h3-10H,12H2,1-2H3,(H,26,32). The third kappa shape index (κ3) is 4.60. The topological polar surface area (TPSA) is 101 Å². The van der Waals surface area contributed by atoms with Crippen LogP contribution >= 0.6 is 23.4 Å². The highest BCUT2D eigenvalue weighted by atomic mass is 35.5. The van der Waals surface area contributed by atoms with E-state index in [2.05, 4.69) is 26.9 Å². The zero-order valence-corrected chi connectivity index (χ0v) is 19.2. The Balaban J connectivity index is 1.57. The summed E-state index contributed by atoms with van der Waals surface area (Å²) >= 11 is 7.07. The number of aromatic nitrogens is 5. The summed E-state index contributed by atoms with van der Waals surface area (Å²) in [5.74, 6) is -0.498. The largest absolute Gasteiger partial charge is 0.310 e. The number of halogens is 2. The summed E-state index contributed by atoms with van der Waals surface area (Å²) in [4.78, 5) is 12.8. The van der Waals surface area contributed by atoms with Gasteiger partial charge in [0.25, 0.3) is 0 Å². The number of nitrogens with one attached hydrogen (secondary N) is 1. The van der Waals surface area contributed by atoms with Crippen molar-refractivity contribution in [3.05, 3.63) is 76.2 Å². The Hall–Kier alpha value is -3.68. The maximum atomic E-state index is 13.8. The maximum Gasteiger partial charge on any atom is 0.236 e. The lowest BCUT2D eigenvalue weighted by Gasteiger charge is -2.13. The van der Waals surface area contributed by atoms with Crippen molar-refractivity contribution in [2.45, 2.75) is 19.0 Å². The van der Waals surface area contributed by atoms with Gasteiger partial charge in [0.05, 0.1) is 22.7 Å². The SMILES string of the molecule is Cc1c(C#N)c(NC(=O)CSc2nnnn2-c2ccc(Cl)cc2)n(-c2cccc(F)c2)c1C. The number of benzene rings is 2. The molecule has 0 saturated carbocycles. The highest BCUT2D eigenvalue weighted by Gasteiger charge is 2.21. The van der Waals surface area contributed by atoms with Gasteiger partial charge in [0.1, 0.15) is 17.7 Å². The number of thioether (sulfide) groups is 1. The molecule has 0 spiro atoms. The van der Waals surface area contributed by atoms with E-state index in [4.69, 9.17) is 11.6 Å². The lowest BCUT2D eigenvalue weighted by Crippen LogP contribution is -2.18. The molecular weight excluding hydrogens is 465 g/mol. The molecule has 0 saturated heterocycles. The van der Waals surface area contributed by atoms with Gasteiger partial charge in [-0.3, -0.25) is 9.36 Å². The Labute approximate surface area is 198 Å². The molecule has 166 valence electrons. The molecule has 4 aromatic rings. The van der Waals surface area contributed by atoms with Crippen LogP contribution in [-0.4, -0.2) is 36.4 Å². The van der Waals surface area contributed by atoms with Gasteiger partial charge in [0.15, 0.2) is 0 Å². The molecule has 33 heavy (non-hydrogen) atoms. The molecule has 11 heteroatoms. The normalized spacial score (nSPS) is 10.8. The molecule has 8 nitrogen and oxygen atoms in total. The van der Waals surface area contributed by atoms with Crippen molar-refractivity contribution in [3.63, 3.8) is 0 Å². The first kappa shape index (κ1) is 22.5. The summed E-state index contributed by atoms with van der Waals surface area (Å²) in [5.41, 5.74) is 2.96. The molecule has 1 N–H and O–H groups in total. The van der Waals surface area contributed by atoms with E-state index in [1.54, 1.807) is 47.9 Å². The zero-order valence-electron chi connectivity index (χ0n) is 17.6. The Morgan fingerprint density at radius 3 is 2.67 bits per heavy atom. The minimum Gasteiger partial charge on any atom is -0.310 e. The minimum atomic E-state index is -0.418. The number of amides is 1. The Bertz CT molecular complexity index is 1370. The van der Waals surface area contributed by atoms with Gasteiger partial charge in [-0.05, 0) is 72.3 Å². The predicted molar refractivity (Wildman–Crippen MR) is 123 cm³/mol. The van der Waals surface area contributed by atoms with Crippen LogP contribution in [-0.2, 0) is 4.79 Å². The molecule has 0 fully saturated rings. The number of tetrazole rings is 1. The fraction of sp³-hybridized carbons (Fsp3) is 0.136. The smallest absolute Gasteiger partial charge is 0.236 e. The number of nitriles is 1. The maximum absolute atomic E-state index is 13.8. The quantitative estimate of drug-likeness (QED) is 0.408. The van der Waals surface area contributed by atoms with Gasteiger partial charge in [0, 0.05) is 10.7 Å². The monoisotopic (exact) mass is 481 g/mol. The van der Waals surface area contributed by atoms with Gasteiger partial charge in [-0.15, -0.1) is 5.10 Å². The number of carbonyl (C=O) groups excluding carboxylic acids is 1. The van der Waals surface area contributed by atoms with E-state index < -0.39 is 5.82 Å². The Morgan fingerprint density at radius 1 is 1.21 bits per heavy atom. The van der Waals surface area contributed by atoms with Crippen molar-refractivity contribution in [1.29, 1.82) is 5.26 Å². The van der Waals surface area contributed by atoms with E-state index >= 15 is 0 Å². The molecule has 0 unspecified atom stereocenters. The summed E-state index contributed by atoms with van der Waals surface area (Å²) in [6.07, 6.45) is 0. The average Bonchev–Trinajstić information content (AvgIpc) is 3.35. The number of nitrogens with zero attached hydrogens (tertiary/aromatic N) is 6. The van der Waals surface area contributed by atoms with Crippen molar-refractivity contribution in [1.82, 2.24) is 24.8 Å². The van der Waals surface area contributed by atoms with E-state index in [1.165, 1.54) is 16.8 Å². The van der Waals surface area contributed by atoms with Crippen LogP contribution < -0.4 is 5.32 Å². The fourth-order valence-electron chi connectivity index (χ4n) is 3.31. The van der Waals surface area contributed by atoms with Gasteiger partial charge < -0.3 is 5.32 Å². The van der Waals surface area contributed by atoms with Gasteiger partial charge in [-0.25, -0.2) is 4.39 Å². The van der Waals surface area contributed by atoms with Crippen LogP contribution in [0.4, 0.5) is 10.2 Å². The highest BCUT2D eigenvalue weighted by molar-refractivity contribution is 7.99. The number of hydrogen-bond donors (Lipinski definition) is 1. The van der Waals surface area contributed by atoms with Crippen LogP contribution in [0, 0.1) is 31.0 Å². The van der Waals surface area contributed by atoms with Crippen molar-refractivity contribution in [2.75, 3.05) is 11.1 Å². The first-order valence-electron chi connectivity index (χ1n) is 9.74. The average molecular weight is 482 g/mol. The predicted octanol–water partition coefficient (Wildman–Crippen LogP) is 4.46. The zero-order chi connectivity index (χ0) is 23.5. The molecule has 2 aromatic heterocycles. The van der Waals surface area contributed by atoms with Gasteiger partial charge >= 0.3 is 0 Å². The lowest BCUT2D eigenvalue weighted by atomic mass is 10.2. The highest BCUT2D eigenvalue weighted by Crippen LogP contribution is 2.30. The fourth-order valence-corrected chi connectivity index (χ4v) is 4.13. The van der Waals surface area contributed by atoms with Crippen LogP contribution in [0.15, 0.2) is 53.7 Å². The van der Waals surface area contributed by atoms with Crippen LogP contribution in [0.25, 0.3) is 11.4 Å². The first-order valence-corrected chi connectivity index (χ1v) is 11.1. The molecule has 0 aliphatic rings. The second-order valence-electron chi connectivity index (χ2n) is 7.05. The summed E-state index contributed by atoms with van der Waals surface area (Å²) < 4.78 is 17.0. The number of carbonyl (C=O) groups is 1. The van der Waals surface area contributed by atoms with Crippen LogP contribution in [0.5, 0.6) is 0 Å². The van der Waals surface area contributed by atoms with E-state index in [1.807, 2.05) is 6.92 Å². The number of hydrogen-bond acceptors (Lipinski definition) is 6. The summed E-state index contributed by atoms with van der Waals surface area (Å²) in [6.45, 7) is 3.60. The van der Waals surface area contributed by atoms with E-state index in [-0.39, 0.29) is 11.7 Å². The second-order valence-corrected chi connectivity index (χ2v) is 8.43. The minimum absolute atomic E-state index is 0.00867. The summed E-state index contributed by atoms with van der Waals surface area (Å²) in [7, 11) is 0. The third-order valence-corrected chi connectivity index (χ3v) is 6.17. The molecule has 0 aliphatic carbocycles. The van der Waals surface area contributed by atoms with Crippen LogP contribution in [0.1, 0.15) is 16.8 Å². The number of anilines is 1. The van der Waals surface area contributed by atoms with Crippen molar-refractivity contribution in [2.24, 2.45) is 0 Å². The molecule has 0 radical (unpaired) electrons. The molecule has 2 heterocycles. The van der Waals surface area contributed by atoms with Gasteiger partial charge in [-0.1, -0.05) is 29.4 Å². The lowest BCUT2D eigenvalue weighted by molar-refractivity contribution is -0.113. The summed E-state index contributed by atoms with van der Waals surface area (Å²) in [6, 6.07) is 15.1.